The molecule has 0 aromatic carbocycles. The SMILES string of the molecule is Nc1ccc(N[C@@H]2CCN(C(=O)OC3C4CC5CC3CC(C(=O)NC3CCCCC3)(C5)C4)C2)nc1. The van der Waals surface area contributed by atoms with E-state index in [1.54, 1.807) is 6.20 Å². The number of nitrogens with two attached hydrogens (primary N) is 1. The lowest BCUT2D eigenvalue weighted by Gasteiger charge is -2.58. The van der Waals surface area contributed by atoms with Crippen LogP contribution in [0.1, 0.15) is 70.6 Å². The number of carbonyl (C=O) groups excluding carboxylic acids is 2. The second-order valence-corrected chi connectivity index (χ2v) is 12.0. The largest absolute Gasteiger partial charge is 0.446 e. The Morgan fingerprint density at radius 2 is 1.80 bits per heavy atom. The van der Waals surface area contributed by atoms with Crippen molar-refractivity contribution < 1.29 is 14.3 Å². The highest BCUT2D eigenvalue weighted by molar-refractivity contribution is 5.83. The number of nitrogens with zero attached hydrogens (tertiary/aromatic N) is 2. The summed E-state index contributed by atoms with van der Waals surface area (Å²) in [7, 11) is 0. The zero-order valence-corrected chi connectivity index (χ0v) is 20.6. The van der Waals surface area contributed by atoms with Crippen LogP contribution in [0.3, 0.4) is 0 Å². The Balaban J connectivity index is 1.05. The van der Waals surface area contributed by atoms with Gasteiger partial charge in [-0.2, -0.15) is 0 Å². The van der Waals surface area contributed by atoms with Gasteiger partial charge in [-0.1, -0.05) is 19.3 Å². The molecule has 2 unspecified atom stereocenters. The van der Waals surface area contributed by atoms with Crippen molar-refractivity contribution in [2.24, 2.45) is 23.2 Å². The van der Waals surface area contributed by atoms with Gasteiger partial charge in [0.25, 0.3) is 0 Å². The second kappa shape index (κ2) is 9.17. The molecule has 6 aliphatic rings. The summed E-state index contributed by atoms with van der Waals surface area (Å²) in [4.78, 5) is 32.7. The van der Waals surface area contributed by atoms with Crippen LogP contribution in [0.15, 0.2) is 18.3 Å². The number of likely N-dealkylation sites (tertiary alicyclic amines) is 1. The summed E-state index contributed by atoms with van der Waals surface area (Å²) >= 11 is 0. The van der Waals surface area contributed by atoms with Gasteiger partial charge in [0.2, 0.25) is 5.91 Å². The van der Waals surface area contributed by atoms with E-state index < -0.39 is 0 Å². The van der Waals surface area contributed by atoms with Crippen LogP contribution in [-0.2, 0) is 9.53 Å². The van der Waals surface area contributed by atoms with E-state index >= 15 is 0 Å². The Hall–Kier alpha value is -2.51. The van der Waals surface area contributed by atoms with Gasteiger partial charge in [0.05, 0.1) is 17.3 Å². The molecular weight excluding hydrogens is 442 g/mol. The summed E-state index contributed by atoms with van der Waals surface area (Å²) in [6.07, 6.45) is 13.2. The standard InChI is InChI=1S/C27H39N5O3/c28-20-6-7-23(29-15-20)30-22-8-9-32(16-22)26(34)35-24-18-10-17-11-19(24)14-27(12-17,13-18)25(33)31-21-4-2-1-3-5-21/h6-7,15,17-19,21-22,24H,1-5,8-14,16,28H2,(H,29,30)(H,31,33)/t17?,18?,19?,22-,24?,27?/m1/s1. The van der Waals surface area contributed by atoms with Crippen molar-refractivity contribution in [2.45, 2.75) is 88.8 Å². The van der Waals surface area contributed by atoms with E-state index in [9.17, 15) is 9.59 Å². The molecule has 2 heterocycles. The molecule has 8 heteroatoms. The first-order valence-corrected chi connectivity index (χ1v) is 13.7. The summed E-state index contributed by atoms with van der Waals surface area (Å²) in [6, 6.07) is 4.21. The maximum atomic E-state index is 13.5. The van der Waals surface area contributed by atoms with E-state index in [4.69, 9.17) is 10.5 Å². The summed E-state index contributed by atoms with van der Waals surface area (Å²) < 4.78 is 6.20. The number of rotatable bonds is 5. The minimum Gasteiger partial charge on any atom is -0.446 e. The zero-order chi connectivity index (χ0) is 24.0. The highest BCUT2D eigenvalue weighted by Gasteiger charge is 2.59. The molecule has 1 saturated heterocycles. The third-order valence-corrected chi connectivity index (χ3v) is 9.43. The van der Waals surface area contributed by atoms with Crippen molar-refractivity contribution in [1.29, 1.82) is 0 Å². The van der Waals surface area contributed by atoms with Gasteiger partial charge >= 0.3 is 6.09 Å². The molecule has 190 valence electrons. The lowest BCUT2D eigenvalue weighted by atomic mass is 9.48. The average molecular weight is 482 g/mol. The van der Waals surface area contributed by atoms with E-state index in [1.165, 1.54) is 19.3 Å². The van der Waals surface area contributed by atoms with Gasteiger partial charge in [0.15, 0.2) is 0 Å². The predicted molar refractivity (Wildman–Crippen MR) is 134 cm³/mol. The van der Waals surface area contributed by atoms with Crippen molar-refractivity contribution in [3.63, 3.8) is 0 Å². The zero-order valence-electron chi connectivity index (χ0n) is 20.6. The molecule has 1 aliphatic heterocycles. The molecule has 5 saturated carbocycles. The van der Waals surface area contributed by atoms with Gasteiger partial charge in [-0.15, -0.1) is 0 Å². The monoisotopic (exact) mass is 481 g/mol. The fraction of sp³-hybridized carbons (Fsp3) is 0.741. The first-order valence-electron chi connectivity index (χ1n) is 13.7. The van der Waals surface area contributed by atoms with Crippen molar-refractivity contribution in [1.82, 2.24) is 15.2 Å². The minimum absolute atomic E-state index is 0.0413. The molecule has 1 aromatic heterocycles. The predicted octanol–water partition coefficient (Wildman–Crippen LogP) is 3.93. The highest BCUT2D eigenvalue weighted by atomic mass is 16.6. The number of hydrogen-bond acceptors (Lipinski definition) is 6. The van der Waals surface area contributed by atoms with Crippen molar-refractivity contribution in [3.8, 4) is 0 Å². The van der Waals surface area contributed by atoms with Crippen LogP contribution in [-0.4, -0.2) is 53.2 Å². The molecular formula is C27H39N5O3. The lowest BCUT2D eigenvalue weighted by molar-refractivity contribution is -0.165. The maximum absolute atomic E-state index is 13.5. The van der Waals surface area contributed by atoms with Gasteiger partial charge in [-0.05, 0) is 81.3 Å². The lowest BCUT2D eigenvalue weighted by Crippen LogP contribution is -2.60. The number of amides is 2. The van der Waals surface area contributed by atoms with Gasteiger partial charge in [0.1, 0.15) is 11.9 Å². The third-order valence-electron chi connectivity index (χ3n) is 9.43. The van der Waals surface area contributed by atoms with Crippen molar-refractivity contribution >= 4 is 23.5 Å². The number of nitrogen functional groups attached to an aromatic ring is 1. The van der Waals surface area contributed by atoms with Crippen molar-refractivity contribution in [2.75, 3.05) is 24.1 Å². The van der Waals surface area contributed by atoms with Crippen LogP contribution in [0.4, 0.5) is 16.3 Å². The van der Waals surface area contributed by atoms with Gasteiger partial charge in [-0.25, -0.2) is 9.78 Å². The van der Waals surface area contributed by atoms with Crippen LogP contribution >= 0.6 is 0 Å². The summed E-state index contributed by atoms with van der Waals surface area (Å²) in [5, 5.41) is 6.83. The summed E-state index contributed by atoms with van der Waals surface area (Å²) in [5.74, 6) is 2.30. The molecule has 0 radical (unpaired) electrons. The smallest absolute Gasteiger partial charge is 0.410 e. The first-order chi connectivity index (χ1) is 17.0. The highest BCUT2D eigenvalue weighted by Crippen LogP contribution is 2.61. The van der Waals surface area contributed by atoms with Crippen LogP contribution in [0.25, 0.3) is 0 Å². The average Bonchev–Trinajstić information content (AvgIpc) is 3.32. The molecule has 0 spiro atoms. The molecule has 1 aromatic rings. The first kappa shape index (κ1) is 22.9. The Kier molecular flexibility index (Phi) is 6.01. The van der Waals surface area contributed by atoms with E-state index in [0.717, 1.165) is 57.2 Å². The van der Waals surface area contributed by atoms with Crippen molar-refractivity contribution in [3.05, 3.63) is 18.3 Å². The number of aromatic nitrogens is 1. The van der Waals surface area contributed by atoms with Crippen LogP contribution < -0.4 is 16.4 Å². The maximum Gasteiger partial charge on any atom is 0.410 e. The molecule has 4 bridgehead atoms. The fourth-order valence-electron chi connectivity index (χ4n) is 7.97. The molecule has 7 rings (SSSR count). The van der Waals surface area contributed by atoms with E-state index in [-0.39, 0.29) is 23.7 Å². The second-order valence-electron chi connectivity index (χ2n) is 12.0. The third kappa shape index (κ3) is 4.56. The van der Waals surface area contributed by atoms with Crippen LogP contribution in [0.2, 0.25) is 0 Å². The summed E-state index contributed by atoms with van der Waals surface area (Å²) in [5.41, 5.74) is 6.12. The molecule has 4 N–H and O–H groups in total. The Bertz CT molecular complexity index is 931. The Morgan fingerprint density at radius 3 is 2.51 bits per heavy atom. The van der Waals surface area contributed by atoms with Gasteiger partial charge < -0.3 is 26.0 Å². The molecule has 2 amide bonds. The van der Waals surface area contributed by atoms with Crippen LogP contribution in [0.5, 0.6) is 0 Å². The normalized spacial score (nSPS) is 36.2. The molecule has 35 heavy (non-hydrogen) atoms. The Morgan fingerprint density at radius 1 is 1.03 bits per heavy atom. The number of pyridine rings is 1. The van der Waals surface area contributed by atoms with Gasteiger partial charge in [-0.3, -0.25) is 4.79 Å². The van der Waals surface area contributed by atoms with E-state index in [0.29, 0.717) is 48.5 Å². The Labute approximate surface area is 207 Å². The quantitative estimate of drug-likeness (QED) is 0.588. The topological polar surface area (TPSA) is 110 Å². The van der Waals surface area contributed by atoms with Gasteiger partial charge in [0, 0.05) is 25.2 Å². The number of hydrogen-bond donors (Lipinski definition) is 3. The number of carbonyl (C=O) groups is 2. The van der Waals surface area contributed by atoms with E-state index in [1.807, 2.05) is 17.0 Å². The minimum atomic E-state index is -0.231. The van der Waals surface area contributed by atoms with Crippen LogP contribution in [0, 0.1) is 23.2 Å². The summed E-state index contributed by atoms with van der Waals surface area (Å²) in [6.45, 7) is 1.30. The number of ether oxygens (including phenoxy) is 1. The van der Waals surface area contributed by atoms with E-state index in [2.05, 4.69) is 15.6 Å². The molecule has 6 fully saturated rings. The molecule has 8 nitrogen and oxygen atoms in total. The molecule has 3 atom stereocenters. The number of anilines is 2. The fourth-order valence-corrected chi connectivity index (χ4v) is 7.97. The number of nitrogens with one attached hydrogen (secondary N) is 2. The molecule has 5 aliphatic carbocycles.